The third-order valence-corrected chi connectivity index (χ3v) is 1.14. The summed E-state index contributed by atoms with van der Waals surface area (Å²) in [5.41, 5.74) is 5.92. The number of nitrogens with two attached hydrogens (primary N) is 1. The summed E-state index contributed by atoms with van der Waals surface area (Å²) in [6.45, 7) is 0. The molecule has 2 nitrogen and oxygen atoms in total. The van der Waals surface area contributed by atoms with Crippen LogP contribution < -0.4 is 5.73 Å². The van der Waals surface area contributed by atoms with E-state index in [1.165, 1.54) is 0 Å². The van der Waals surface area contributed by atoms with Crippen molar-refractivity contribution in [1.29, 1.82) is 0 Å². The van der Waals surface area contributed by atoms with Gasteiger partial charge in [0.05, 0.1) is 0 Å². The number of rotatable bonds is 1. The van der Waals surface area contributed by atoms with Crippen LogP contribution in [0.3, 0.4) is 0 Å². The number of benzene rings is 1. The Morgan fingerprint density at radius 2 is 1.70 bits per heavy atom. The second-order valence-electron chi connectivity index (χ2n) is 1.86. The van der Waals surface area contributed by atoms with Gasteiger partial charge in [-0.2, -0.15) is 0 Å². The van der Waals surface area contributed by atoms with Gasteiger partial charge in [0.1, 0.15) is 6.23 Å². The summed E-state index contributed by atoms with van der Waals surface area (Å²) < 4.78 is 0. The van der Waals surface area contributed by atoms with Crippen molar-refractivity contribution in [2.24, 2.45) is 5.73 Å². The van der Waals surface area contributed by atoms with Gasteiger partial charge in [0.25, 0.3) is 0 Å². The van der Waals surface area contributed by atoms with Crippen LogP contribution in [-0.4, -0.2) is 5.11 Å². The van der Waals surface area contributed by atoms with E-state index in [1.54, 1.807) is 12.1 Å². The first-order valence-electron chi connectivity index (χ1n) is 2.79. The molecule has 1 aromatic carbocycles. The van der Waals surface area contributed by atoms with Crippen LogP contribution in [0.4, 0.5) is 0 Å². The molecule has 0 spiro atoms. The van der Waals surface area contributed by atoms with Crippen LogP contribution in [0.1, 0.15) is 11.8 Å². The summed E-state index contributed by atoms with van der Waals surface area (Å²) in [5, 5.41) is 8.80. The minimum Gasteiger partial charge on any atom is -0.375 e. The molecule has 1 atom stereocenters. The Bertz CT molecular complexity index is 176. The summed E-state index contributed by atoms with van der Waals surface area (Å²) in [6.07, 6.45) is -0.841. The smallest absolute Gasteiger partial charge is 0.128 e. The van der Waals surface area contributed by atoms with Crippen molar-refractivity contribution in [3.8, 4) is 0 Å². The van der Waals surface area contributed by atoms with Gasteiger partial charge in [0, 0.05) is 17.1 Å². The van der Waals surface area contributed by atoms with Crippen molar-refractivity contribution < 1.29 is 22.2 Å². The zero-order valence-electron chi connectivity index (χ0n) is 5.34. The standard InChI is InChI=1S/C7H9NO.Fe/c8-7(9)6-4-2-1-3-5-6;/h1-5,7,9H,8H2;. The van der Waals surface area contributed by atoms with Crippen LogP contribution in [0.2, 0.25) is 0 Å². The van der Waals surface area contributed by atoms with Gasteiger partial charge in [-0.1, -0.05) is 30.3 Å². The second kappa shape index (κ2) is 4.47. The second-order valence-corrected chi connectivity index (χ2v) is 1.86. The molecule has 0 saturated heterocycles. The van der Waals surface area contributed by atoms with E-state index in [4.69, 9.17) is 10.8 Å². The molecule has 0 amide bonds. The molecule has 0 aromatic heterocycles. The average molecular weight is 179 g/mol. The molecule has 0 bridgehead atoms. The van der Waals surface area contributed by atoms with Gasteiger partial charge in [0.15, 0.2) is 0 Å². The van der Waals surface area contributed by atoms with Crippen LogP contribution in [0.5, 0.6) is 0 Å². The normalized spacial score (nSPS) is 11.8. The number of aliphatic hydroxyl groups excluding tert-OH is 1. The zero-order valence-corrected chi connectivity index (χ0v) is 6.45. The third kappa shape index (κ3) is 2.50. The number of hydrogen-bond donors (Lipinski definition) is 2. The van der Waals surface area contributed by atoms with Crippen LogP contribution in [0, 0.1) is 0 Å². The maximum atomic E-state index is 8.80. The van der Waals surface area contributed by atoms with E-state index in [-0.39, 0.29) is 17.1 Å². The third-order valence-electron chi connectivity index (χ3n) is 1.14. The van der Waals surface area contributed by atoms with Crippen molar-refractivity contribution in [3.05, 3.63) is 35.9 Å². The van der Waals surface area contributed by atoms with Crippen molar-refractivity contribution in [2.75, 3.05) is 0 Å². The predicted octanol–water partition coefficient (Wildman–Crippen LogP) is 0.634. The molecular weight excluding hydrogens is 170 g/mol. The molecule has 0 fully saturated rings. The summed E-state index contributed by atoms with van der Waals surface area (Å²) in [7, 11) is 0. The summed E-state index contributed by atoms with van der Waals surface area (Å²) in [5.74, 6) is 0. The Labute approximate surface area is 70.5 Å². The van der Waals surface area contributed by atoms with Gasteiger partial charge in [-0.05, 0) is 5.56 Å². The molecule has 3 N–H and O–H groups in total. The molecule has 1 aromatic rings. The van der Waals surface area contributed by atoms with Gasteiger partial charge < -0.3 is 10.8 Å². The fraction of sp³-hybridized carbons (Fsp3) is 0.143. The maximum absolute atomic E-state index is 8.80. The SMILES string of the molecule is NC(O)c1ccccc1.[Fe]. The first-order chi connectivity index (χ1) is 4.30. The Morgan fingerprint density at radius 3 is 2.00 bits per heavy atom. The molecule has 1 unspecified atom stereocenters. The van der Waals surface area contributed by atoms with Crippen molar-refractivity contribution >= 4 is 0 Å². The minimum absolute atomic E-state index is 0. The van der Waals surface area contributed by atoms with E-state index in [0.29, 0.717) is 0 Å². The van der Waals surface area contributed by atoms with E-state index in [9.17, 15) is 0 Å². The van der Waals surface area contributed by atoms with Crippen LogP contribution in [-0.2, 0) is 17.1 Å². The molecule has 0 aliphatic heterocycles. The molecule has 0 radical (unpaired) electrons. The quantitative estimate of drug-likeness (QED) is 0.490. The molecule has 56 valence electrons. The summed E-state index contributed by atoms with van der Waals surface area (Å²) in [6, 6.07) is 9.12. The fourth-order valence-corrected chi connectivity index (χ4v) is 0.650. The first kappa shape index (κ1) is 9.66. The van der Waals surface area contributed by atoms with Gasteiger partial charge in [-0.25, -0.2) is 0 Å². The van der Waals surface area contributed by atoms with E-state index in [1.807, 2.05) is 18.2 Å². The monoisotopic (exact) mass is 179 g/mol. The van der Waals surface area contributed by atoms with Gasteiger partial charge in [-0.15, -0.1) is 0 Å². The minimum atomic E-state index is -0.841. The largest absolute Gasteiger partial charge is 0.375 e. The fourth-order valence-electron chi connectivity index (χ4n) is 0.650. The Hall–Kier alpha value is -0.341. The molecule has 0 aliphatic carbocycles. The molecule has 0 aliphatic rings. The van der Waals surface area contributed by atoms with E-state index < -0.39 is 6.23 Å². The zero-order chi connectivity index (χ0) is 6.69. The Morgan fingerprint density at radius 1 is 1.20 bits per heavy atom. The van der Waals surface area contributed by atoms with Crippen LogP contribution in [0.15, 0.2) is 30.3 Å². The number of aliphatic hydroxyl groups is 1. The number of hydrogen-bond acceptors (Lipinski definition) is 2. The molecule has 10 heavy (non-hydrogen) atoms. The molecule has 3 heteroatoms. The molecule has 0 heterocycles. The Balaban J connectivity index is 0.000000810. The van der Waals surface area contributed by atoms with Gasteiger partial charge in [-0.3, -0.25) is 0 Å². The molecule has 1 rings (SSSR count). The molecular formula is C7H9FeNO. The summed E-state index contributed by atoms with van der Waals surface area (Å²) in [4.78, 5) is 0. The predicted molar refractivity (Wildman–Crippen MR) is 35.6 cm³/mol. The summed E-state index contributed by atoms with van der Waals surface area (Å²) >= 11 is 0. The first-order valence-corrected chi connectivity index (χ1v) is 2.79. The molecule has 0 saturated carbocycles. The Kier molecular flexibility index (Phi) is 4.32. The van der Waals surface area contributed by atoms with E-state index in [2.05, 4.69) is 0 Å². The van der Waals surface area contributed by atoms with Gasteiger partial charge >= 0.3 is 0 Å². The topological polar surface area (TPSA) is 46.2 Å². The maximum Gasteiger partial charge on any atom is 0.128 e. The van der Waals surface area contributed by atoms with Crippen LogP contribution >= 0.6 is 0 Å². The average Bonchev–Trinajstić information content (AvgIpc) is 1.90. The van der Waals surface area contributed by atoms with E-state index >= 15 is 0 Å². The van der Waals surface area contributed by atoms with Crippen molar-refractivity contribution in [3.63, 3.8) is 0 Å². The van der Waals surface area contributed by atoms with Crippen molar-refractivity contribution in [1.82, 2.24) is 0 Å². The van der Waals surface area contributed by atoms with E-state index in [0.717, 1.165) is 5.56 Å². The van der Waals surface area contributed by atoms with Crippen molar-refractivity contribution in [2.45, 2.75) is 6.23 Å². The van der Waals surface area contributed by atoms with Crippen LogP contribution in [0.25, 0.3) is 0 Å². The van der Waals surface area contributed by atoms with Gasteiger partial charge in [0.2, 0.25) is 0 Å².